The minimum Gasteiger partial charge on any atom is -0.339 e. The summed E-state index contributed by atoms with van der Waals surface area (Å²) in [5, 5.41) is 4.14. The molecule has 0 bridgehead atoms. The van der Waals surface area contributed by atoms with Crippen LogP contribution in [0.2, 0.25) is 0 Å². The minimum absolute atomic E-state index is 0.327. The van der Waals surface area contributed by atoms with Gasteiger partial charge in [0, 0.05) is 25.2 Å². The molecule has 6 rings (SSSR count). The Balaban J connectivity index is 1.12. The van der Waals surface area contributed by atoms with Crippen LogP contribution in [0.5, 0.6) is 0 Å². The molecule has 3 aromatic carbocycles. The third-order valence-corrected chi connectivity index (χ3v) is 8.70. The number of hydrogen-bond donors (Lipinski definition) is 0. The van der Waals surface area contributed by atoms with Crippen LogP contribution in [-0.2, 0) is 23.0 Å². The highest BCUT2D eigenvalue weighted by atomic mass is 32.2. The summed E-state index contributed by atoms with van der Waals surface area (Å²) >= 11 is 0. The predicted molar refractivity (Wildman–Crippen MR) is 140 cm³/mol. The van der Waals surface area contributed by atoms with Crippen LogP contribution >= 0.6 is 0 Å². The molecular formula is C28H27N5O3S. The van der Waals surface area contributed by atoms with E-state index in [4.69, 9.17) is 4.52 Å². The van der Waals surface area contributed by atoms with Crippen molar-refractivity contribution in [3.63, 3.8) is 0 Å². The number of hydrogen-bond acceptors (Lipinski definition) is 6. The van der Waals surface area contributed by atoms with Crippen molar-refractivity contribution in [2.75, 3.05) is 13.1 Å². The van der Waals surface area contributed by atoms with Gasteiger partial charge in [0.1, 0.15) is 0 Å². The Bertz CT molecular complexity index is 1620. The molecule has 3 heterocycles. The number of nitrogens with zero attached hydrogens (tertiary/aromatic N) is 5. The van der Waals surface area contributed by atoms with E-state index in [9.17, 15) is 8.42 Å². The van der Waals surface area contributed by atoms with Gasteiger partial charge in [-0.25, -0.2) is 13.4 Å². The van der Waals surface area contributed by atoms with Crippen molar-refractivity contribution in [3.05, 3.63) is 96.1 Å². The van der Waals surface area contributed by atoms with E-state index in [1.165, 1.54) is 0 Å². The van der Waals surface area contributed by atoms with E-state index in [0.717, 1.165) is 53.5 Å². The maximum Gasteiger partial charge on any atom is 0.243 e. The third kappa shape index (κ3) is 4.92. The number of fused-ring (bicyclic) bond motifs is 1. The van der Waals surface area contributed by atoms with Crippen LogP contribution in [0.15, 0.2) is 88.5 Å². The second kappa shape index (κ2) is 9.91. The number of benzene rings is 3. The molecule has 0 spiro atoms. The number of rotatable bonds is 7. The van der Waals surface area contributed by atoms with E-state index in [2.05, 4.69) is 37.9 Å². The molecule has 1 saturated heterocycles. The Morgan fingerprint density at radius 2 is 1.57 bits per heavy atom. The summed E-state index contributed by atoms with van der Waals surface area (Å²) in [7, 11) is -3.44. The number of imidazole rings is 1. The van der Waals surface area contributed by atoms with Crippen LogP contribution < -0.4 is 0 Å². The molecule has 1 fully saturated rings. The number of aromatic nitrogens is 4. The van der Waals surface area contributed by atoms with E-state index in [1.54, 1.807) is 16.4 Å². The molecule has 0 radical (unpaired) electrons. The molecule has 9 heteroatoms. The van der Waals surface area contributed by atoms with Crippen molar-refractivity contribution in [2.24, 2.45) is 0 Å². The fourth-order valence-corrected chi connectivity index (χ4v) is 6.26. The van der Waals surface area contributed by atoms with Gasteiger partial charge in [0.15, 0.2) is 0 Å². The largest absolute Gasteiger partial charge is 0.339 e. The smallest absolute Gasteiger partial charge is 0.243 e. The van der Waals surface area contributed by atoms with Gasteiger partial charge in [-0.2, -0.15) is 9.29 Å². The topological polar surface area (TPSA) is 94.1 Å². The standard InChI is InChI=1S/C28H27N5O3S/c34-37(35,33-16-4-1-5-17-33)24-14-10-21(11-15-24)18-27-30-28(31-36-27)23-12-8-22(9-13-23)19-32-20-29-25-6-2-3-7-26(25)32/h2-3,6-15,20H,1,4-5,16-19H2. The van der Waals surface area contributed by atoms with Gasteiger partial charge < -0.3 is 9.09 Å². The molecule has 0 aliphatic carbocycles. The van der Waals surface area contributed by atoms with E-state index >= 15 is 0 Å². The fraction of sp³-hybridized carbons (Fsp3) is 0.250. The summed E-state index contributed by atoms with van der Waals surface area (Å²) in [4.78, 5) is 9.33. The van der Waals surface area contributed by atoms with Crippen LogP contribution in [0.3, 0.4) is 0 Å². The molecule has 0 N–H and O–H groups in total. The second-order valence-electron chi connectivity index (χ2n) is 9.36. The zero-order valence-electron chi connectivity index (χ0n) is 20.3. The van der Waals surface area contributed by atoms with E-state index < -0.39 is 10.0 Å². The molecule has 0 saturated carbocycles. The van der Waals surface area contributed by atoms with Gasteiger partial charge in [-0.05, 0) is 48.2 Å². The van der Waals surface area contributed by atoms with Gasteiger partial charge in [-0.15, -0.1) is 0 Å². The highest BCUT2D eigenvalue weighted by molar-refractivity contribution is 7.89. The molecule has 1 aliphatic rings. The van der Waals surface area contributed by atoms with Crippen molar-refractivity contribution >= 4 is 21.1 Å². The van der Waals surface area contributed by atoms with Gasteiger partial charge in [-0.1, -0.05) is 60.1 Å². The average Bonchev–Trinajstić information content (AvgIpc) is 3.57. The fourth-order valence-electron chi connectivity index (χ4n) is 4.74. The average molecular weight is 514 g/mol. The van der Waals surface area contributed by atoms with Gasteiger partial charge >= 0.3 is 0 Å². The van der Waals surface area contributed by atoms with Crippen molar-refractivity contribution in [2.45, 2.75) is 37.1 Å². The Hall–Kier alpha value is -3.82. The molecule has 188 valence electrons. The summed E-state index contributed by atoms with van der Waals surface area (Å²) in [5.74, 6) is 1.01. The number of sulfonamides is 1. The van der Waals surface area contributed by atoms with Crippen LogP contribution in [-0.4, -0.2) is 45.5 Å². The minimum atomic E-state index is -3.44. The first-order chi connectivity index (χ1) is 18.1. The first kappa shape index (κ1) is 23.6. The lowest BCUT2D eigenvalue weighted by atomic mass is 10.1. The lowest BCUT2D eigenvalue weighted by molar-refractivity contribution is 0.346. The molecule has 8 nitrogen and oxygen atoms in total. The van der Waals surface area contributed by atoms with Crippen molar-refractivity contribution in [1.29, 1.82) is 0 Å². The van der Waals surface area contributed by atoms with Crippen LogP contribution in [0.1, 0.15) is 36.3 Å². The Morgan fingerprint density at radius 3 is 2.35 bits per heavy atom. The summed E-state index contributed by atoms with van der Waals surface area (Å²) < 4.78 is 34.9. The molecule has 0 unspecified atom stereocenters. The van der Waals surface area contributed by atoms with E-state index in [1.807, 2.05) is 48.8 Å². The number of piperidine rings is 1. The third-order valence-electron chi connectivity index (χ3n) is 6.79. The van der Waals surface area contributed by atoms with E-state index in [-0.39, 0.29) is 0 Å². The molecular weight excluding hydrogens is 486 g/mol. The van der Waals surface area contributed by atoms with Crippen molar-refractivity contribution < 1.29 is 12.9 Å². The molecule has 1 aliphatic heterocycles. The second-order valence-corrected chi connectivity index (χ2v) is 11.3. The first-order valence-electron chi connectivity index (χ1n) is 12.5. The van der Waals surface area contributed by atoms with Gasteiger partial charge in [0.25, 0.3) is 0 Å². The highest BCUT2D eigenvalue weighted by Gasteiger charge is 2.25. The number of para-hydroxylation sites is 2. The monoisotopic (exact) mass is 513 g/mol. The maximum atomic E-state index is 12.9. The predicted octanol–water partition coefficient (Wildman–Crippen LogP) is 4.90. The van der Waals surface area contributed by atoms with E-state index in [0.29, 0.717) is 36.1 Å². The zero-order chi connectivity index (χ0) is 25.2. The Labute approximate surface area is 215 Å². The first-order valence-corrected chi connectivity index (χ1v) is 13.9. The normalized spacial score (nSPS) is 14.8. The summed E-state index contributed by atoms with van der Waals surface area (Å²) in [6, 6.07) is 23.1. The quantitative estimate of drug-likeness (QED) is 0.307. The Kier molecular flexibility index (Phi) is 6.31. The molecule has 5 aromatic rings. The maximum absolute atomic E-state index is 12.9. The van der Waals surface area contributed by atoms with Crippen molar-refractivity contribution in [3.8, 4) is 11.4 Å². The highest BCUT2D eigenvalue weighted by Crippen LogP contribution is 2.23. The van der Waals surface area contributed by atoms with Gasteiger partial charge in [-0.3, -0.25) is 0 Å². The van der Waals surface area contributed by atoms with Crippen LogP contribution in [0.4, 0.5) is 0 Å². The molecule has 2 aromatic heterocycles. The lowest BCUT2D eigenvalue weighted by Crippen LogP contribution is -2.35. The summed E-state index contributed by atoms with van der Waals surface area (Å²) in [5.41, 5.74) is 5.02. The van der Waals surface area contributed by atoms with Crippen LogP contribution in [0, 0.1) is 0 Å². The van der Waals surface area contributed by atoms with Crippen molar-refractivity contribution in [1.82, 2.24) is 24.0 Å². The van der Waals surface area contributed by atoms with Crippen LogP contribution in [0.25, 0.3) is 22.4 Å². The molecule has 37 heavy (non-hydrogen) atoms. The molecule has 0 atom stereocenters. The Morgan fingerprint density at radius 1 is 0.838 bits per heavy atom. The van der Waals surface area contributed by atoms with Gasteiger partial charge in [0.05, 0.1) is 28.7 Å². The molecule has 0 amide bonds. The van der Waals surface area contributed by atoms with Gasteiger partial charge in [0.2, 0.25) is 21.7 Å². The zero-order valence-corrected chi connectivity index (χ0v) is 21.1. The summed E-state index contributed by atoms with van der Waals surface area (Å²) in [6.07, 6.45) is 5.22. The lowest BCUT2D eigenvalue weighted by Gasteiger charge is -2.25. The SMILES string of the molecule is O=S(=O)(c1ccc(Cc2nc(-c3ccc(Cn4cnc5ccccc54)cc3)no2)cc1)N1CCCCC1. The summed E-state index contributed by atoms with van der Waals surface area (Å²) in [6.45, 7) is 1.91.